The zero-order valence-electron chi connectivity index (χ0n) is 17.3. The van der Waals surface area contributed by atoms with Gasteiger partial charge in [0.15, 0.2) is 0 Å². The summed E-state index contributed by atoms with van der Waals surface area (Å²) in [5.41, 5.74) is 0.0441. The van der Waals surface area contributed by atoms with Gasteiger partial charge in [-0.05, 0) is 58.2 Å². The third-order valence-electron chi connectivity index (χ3n) is 4.25. The molecule has 1 aliphatic rings. The number of nitrogens with zero attached hydrogens (tertiary/aromatic N) is 1. The minimum atomic E-state index is -4.74. The molecule has 0 aromatic heterocycles. The van der Waals surface area contributed by atoms with E-state index in [-0.39, 0.29) is 17.8 Å². The third-order valence-corrected chi connectivity index (χ3v) is 4.25. The lowest BCUT2D eigenvalue weighted by Gasteiger charge is -2.24. The highest BCUT2D eigenvalue weighted by molar-refractivity contribution is 5.68. The smallest absolute Gasteiger partial charge is 0.494 e. The summed E-state index contributed by atoms with van der Waals surface area (Å²) in [5.74, 6) is 0.471. The molecule has 9 heteroatoms. The van der Waals surface area contributed by atoms with Crippen LogP contribution >= 0.6 is 0 Å². The van der Waals surface area contributed by atoms with Crippen LogP contribution < -0.4 is 14.8 Å². The monoisotopic (exact) mass is 418 g/mol. The number of halogens is 3. The number of likely N-dealkylation sites (tertiary alicyclic amines) is 1. The fourth-order valence-corrected chi connectivity index (χ4v) is 3.09. The zero-order valence-corrected chi connectivity index (χ0v) is 17.3. The van der Waals surface area contributed by atoms with E-state index in [1.807, 2.05) is 20.8 Å². The maximum atomic E-state index is 12.5. The molecule has 1 amide bonds. The normalized spacial score (nSPS) is 17.3. The van der Waals surface area contributed by atoms with Crippen molar-refractivity contribution >= 4 is 6.09 Å². The number of nitrogens with one attached hydrogen (secondary N) is 1. The average Bonchev–Trinajstić information content (AvgIpc) is 3.03. The van der Waals surface area contributed by atoms with Crippen molar-refractivity contribution in [3.63, 3.8) is 0 Å². The first-order valence-corrected chi connectivity index (χ1v) is 9.67. The second kappa shape index (κ2) is 9.56. The Labute approximate surface area is 169 Å². The lowest BCUT2D eigenvalue weighted by atomic mass is 10.1. The molecular formula is C20H29F3N2O4. The van der Waals surface area contributed by atoms with Crippen LogP contribution in [-0.2, 0) is 11.3 Å². The van der Waals surface area contributed by atoms with E-state index in [0.29, 0.717) is 44.1 Å². The lowest BCUT2D eigenvalue weighted by molar-refractivity contribution is -0.274. The summed E-state index contributed by atoms with van der Waals surface area (Å²) in [6.07, 6.45) is -4.23. The predicted molar refractivity (Wildman–Crippen MR) is 102 cm³/mol. The number of carbonyl (C=O) groups excluding carboxylic acids is 1. The Morgan fingerprint density at radius 2 is 2.00 bits per heavy atom. The summed E-state index contributed by atoms with van der Waals surface area (Å²) in [6.45, 7) is 9.84. The summed E-state index contributed by atoms with van der Waals surface area (Å²) in [5, 5.41) is 3.24. The van der Waals surface area contributed by atoms with Gasteiger partial charge in [-0.3, -0.25) is 0 Å². The molecule has 0 unspecified atom stereocenters. The van der Waals surface area contributed by atoms with E-state index >= 15 is 0 Å². The Kier molecular flexibility index (Phi) is 7.62. The molecule has 2 rings (SSSR count). The Hall–Kier alpha value is -2.16. The van der Waals surface area contributed by atoms with Crippen molar-refractivity contribution in [2.45, 2.75) is 52.6 Å². The number of rotatable bonds is 7. The number of amides is 1. The van der Waals surface area contributed by atoms with Crippen LogP contribution in [0.1, 0.15) is 39.7 Å². The van der Waals surface area contributed by atoms with Crippen LogP contribution in [0.15, 0.2) is 18.2 Å². The Morgan fingerprint density at radius 1 is 1.28 bits per heavy atom. The van der Waals surface area contributed by atoms with Crippen LogP contribution in [0.3, 0.4) is 0 Å². The van der Waals surface area contributed by atoms with Gasteiger partial charge in [-0.25, -0.2) is 4.79 Å². The standard InChI is InChI=1S/C20H29F3N2O4/c1-5-27-17-7-6-16(28-20(21,22)23)10-15(17)12-24-11-14-8-9-25(13-14)18(26)29-19(2,3)4/h6-7,10,14,24H,5,8-9,11-13H2,1-4H3/t14-/m0/s1. The highest BCUT2D eigenvalue weighted by Gasteiger charge is 2.32. The summed E-state index contributed by atoms with van der Waals surface area (Å²) in [4.78, 5) is 13.8. The van der Waals surface area contributed by atoms with Crippen LogP contribution in [0.5, 0.6) is 11.5 Å². The highest BCUT2D eigenvalue weighted by atomic mass is 19.4. The summed E-state index contributed by atoms with van der Waals surface area (Å²) in [6, 6.07) is 4.03. The second-order valence-corrected chi connectivity index (χ2v) is 7.96. The number of hydrogen-bond donors (Lipinski definition) is 1. The Bertz CT molecular complexity index is 689. The molecular weight excluding hydrogens is 389 g/mol. The van der Waals surface area contributed by atoms with Gasteiger partial charge in [-0.15, -0.1) is 13.2 Å². The van der Waals surface area contributed by atoms with E-state index in [4.69, 9.17) is 9.47 Å². The van der Waals surface area contributed by atoms with Crippen molar-refractivity contribution in [3.8, 4) is 11.5 Å². The van der Waals surface area contributed by atoms with Gasteiger partial charge in [0, 0.05) is 31.7 Å². The van der Waals surface area contributed by atoms with Gasteiger partial charge in [0.05, 0.1) is 6.61 Å². The van der Waals surface area contributed by atoms with E-state index in [9.17, 15) is 18.0 Å². The highest BCUT2D eigenvalue weighted by Crippen LogP contribution is 2.29. The quantitative estimate of drug-likeness (QED) is 0.714. The van der Waals surface area contributed by atoms with E-state index in [2.05, 4.69) is 10.1 Å². The minimum absolute atomic E-state index is 0.243. The number of hydrogen-bond acceptors (Lipinski definition) is 5. The van der Waals surface area contributed by atoms with Gasteiger partial charge < -0.3 is 24.4 Å². The van der Waals surface area contributed by atoms with Crippen LogP contribution in [0.2, 0.25) is 0 Å². The SMILES string of the molecule is CCOc1ccc(OC(F)(F)F)cc1CNC[C@@H]1CCN(C(=O)OC(C)(C)C)C1. The van der Waals surface area contributed by atoms with Crippen molar-refractivity contribution in [1.29, 1.82) is 0 Å². The van der Waals surface area contributed by atoms with Gasteiger partial charge in [-0.1, -0.05) is 0 Å². The maximum absolute atomic E-state index is 12.5. The fraction of sp³-hybridized carbons (Fsp3) is 0.650. The molecule has 1 atom stereocenters. The van der Waals surface area contributed by atoms with E-state index in [1.54, 1.807) is 11.8 Å². The molecule has 1 saturated heterocycles. The van der Waals surface area contributed by atoms with Crippen LogP contribution in [0.4, 0.5) is 18.0 Å². The van der Waals surface area contributed by atoms with Gasteiger partial charge in [0.25, 0.3) is 0 Å². The second-order valence-electron chi connectivity index (χ2n) is 7.96. The average molecular weight is 418 g/mol. The molecule has 164 valence electrons. The molecule has 29 heavy (non-hydrogen) atoms. The van der Waals surface area contributed by atoms with Crippen molar-refractivity contribution < 1.29 is 32.2 Å². The van der Waals surface area contributed by atoms with Gasteiger partial charge in [0.1, 0.15) is 17.1 Å². The van der Waals surface area contributed by atoms with Gasteiger partial charge in [0.2, 0.25) is 0 Å². The van der Waals surface area contributed by atoms with Crippen LogP contribution in [-0.4, -0.2) is 49.2 Å². The summed E-state index contributed by atoms with van der Waals surface area (Å²) < 4.78 is 52.3. The molecule has 1 aliphatic heterocycles. The molecule has 1 fully saturated rings. The first-order valence-electron chi connectivity index (χ1n) is 9.67. The third kappa shape index (κ3) is 8.00. The Morgan fingerprint density at radius 3 is 2.62 bits per heavy atom. The van der Waals surface area contributed by atoms with Crippen molar-refractivity contribution in [2.75, 3.05) is 26.2 Å². The fourth-order valence-electron chi connectivity index (χ4n) is 3.09. The molecule has 0 spiro atoms. The number of carbonyl (C=O) groups is 1. The minimum Gasteiger partial charge on any atom is -0.494 e. The zero-order chi connectivity index (χ0) is 21.7. The largest absolute Gasteiger partial charge is 0.573 e. The number of benzene rings is 1. The molecule has 0 aliphatic carbocycles. The summed E-state index contributed by atoms with van der Waals surface area (Å²) in [7, 11) is 0. The lowest BCUT2D eigenvalue weighted by Crippen LogP contribution is -2.36. The molecule has 1 aromatic carbocycles. The molecule has 1 heterocycles. The van der Waals surface area contributed by atoms with Gasteiger partial charge in [-0.2, -0.15) is 0 Å². The number of alkyl halides is 3. The van der Waals surface area contributed by atoms with E-state index in [1.165, 1.54) is 18.2 Å². The molecule has 0 saturated carbocycles. The van der Waals surface area contributed by atoms with Gasteiger partial charge >= 0.3 is 12.5 Å². The van der Waals surface area contributed by atoms with Crippen LogP contribution in [0.25, 0.3) is 0 Å². The first-order chi connectivity index (χ1) is 13.5. The van der Waals surface area contributed by atoms with Crippen molar-refractivity contribution in [1.82, 2.24) is 10.2 Å². The predicted octanol–water partition coefficient (Wildman–Crippen LogP) is 4.33. The summed E-state index contributed by atoms with van der Waals surface area (Å²) >= 11 is 0. The molecule has 1 aromatic rings. The van der Waals surface area contributed by atoms with Crippen molar-refractivity contribution in [3.05, 3.63) is 23.8 Å². The topological polar surface area (TPSA) is 60.0 Å². The molecule has 0 radical (unpaired) electrons. The van der Waals surface area contributed by atoms with E-state index in [0.717, 1.165) is 6.42 Å². The first kappa shape index (κ1) is 23.1. The molecule has 1 N–H and O–H groups in total. The molecule has 0 bridgehead atoms. The Balaban J connectivity index is 1.89. The number of ether oxygens (including phenoxy) is 3. The maximum Gasteiger partial charge on any atom is 0.573 e. The van der Waals surface area contributed by atoms with E-state index < -0.39 is 12.0 Å². The van der Waals surface area contributed by atoms with Crippen molar-refractivity contribution in [2.24, 2.45) is 5.92 Å². The molecule has 6 nitrogen and oxygen atoms in total. The van der Waals surface area contributed by atoms with Crippen LogP contribution in [0, 0.1) is 5.92 Å².